The molecule has 6 heteroatoms. The molecule has 0 radical (unpaired) electrons. The van der Waals surface area contributed by atoms with Crippen molar-refractivity contribution in [2.75, 3.05) is 11.4 Å². The highest BCUT2D eigenvalue weighted by Gasteiger charge is 2.61. The van der Waals surface area contributed by atoms with Crippen molar-refractivity contribution in [1.29, 1.82) is 0 Å². The fraction of sp³-hybridized carbons (Fsp3) is 0.214. The van der Waals surface area contributed by atoms with E-state index >= 15 is 0 Å². The van der Waals surface area contributed by atoms with Gasteiger partial charge in [-0.25, -0.2) is 14.1 Å². The smallest absolute Gasteiger partial charge is 0.332 e. The number of imide groups is 1. The van der Waals surface area contributed by atoms with Gasteiger partial charge in [0.25, 0.3) is 5.91 Å². The Hall–Kier alpha value is -3.93. The summed E-state index contributed by atoms with van der Waals surface area (Å²) in [6.07, 6.45) is 0.943. The Balaban J connectivity index is 1.58. The second-order valence-corrected chi connectivity index (χ2v) is 9.16. The third kappa shape index (κ3) is 2.65. The minimum absolute atomic E-state index is 0.0189. The highest BCUT2D eigenvalue weighted by molar-refractivity contribution is 6.23. The van der Waals surface area contributed by atoms with Crippen LogP contribution in [0.4, 0.5) is 14.9 Å². The number of H-pyrrole nitrogens is 1. The number of aromatic nitrogens is 1. The van der Waals surface area contributed by atoms with Crippen LogP contribution < -0.4 is 4.90 Å². The number of carbonyl (C=O) groups is 2. The van der Waals surface area contributed by atoms with Gasteiger partial charge in [0, 0.05) is 23.4 Å². The number of aryl methyl sites for hydroxylation is 1. The summed E-state index contributed by atoms with van der Waals surface area (Å²) in [5, 5.41) is 1.03. The van der Waals surface area contributed by atoms with E-state index < -0.39 is 23.3 Å². The normalized spacial score (nSPS) is 21.8. The highest BCUT2D eigenvalue weighted by atomic mass is 19.1. The van der Waals surface area contributed by atoms with E-state index in [1.54, 1.807) is 24.0 Å². The molecule has 170 valence electrons. The number of rotatable bonds is 3. The van der Waals surface area contributed by atoms with E-state index in [0.29, 0.717) is 12.2 Å². The lowest BCUT2D eigenvalue weighted by Crippen LogP contribution is -2.50. The lowest BCUT2D eigenvalue weighted by atomic mass is 9.78. The van der Waals surface area contributed by atoms with Gasteiger partial charge in [-0.3, -0.25) is 4.79 Å². The van der Waals surface area contributed by atoms with Crippen LogP contribution in [0.3, 0.4) is 0 Å². The van der Waals surface area contributed by atoms with Crippen molar-refractivity contribution in [2.45, 2.75) is 31.7 Å². The minimum atomic E-state index is -1.26. The lowest BCUT2D eigenvalue weighted by molar-refractivity contribution is -0.125. The van der Waals surface area contributed by atoms with Gasteiger partial charge in [0.2, 0.25) is 0 Å². The molecule has 0 aliphatic carbocycles. The average molecular weight is 454 g/mol. The predicted molar refractivity (Wildman–Crippen MR) is 129 cm³/mol. The van der Waals surface area contributed by atoms with Gasteiger partial charge in [-0.1, -0.05) is 61.5 Å². The molecule has 34 heavy (non-hydrogen) atoms. The molecule has 0 bridgehead atoms. The Kier molecular flexibility index (Phi) is 4.43. The number of hydrogen-bond acceptors (Lipinski definition) is 2. The number of fused-ring (bicyclic) bond motifs is 5. The number of carbonyl (C=O) groups excluding carboxylic acids is 2. The second-order valence-electron chi connectivity index (χ2n) is 9.16. The molecule has 2 atom stereocenters. The summed E-state index contributed by atoms with van der Waals surface area (Å²) >= 11 is 0. The number of nitrogens with one attached hydrogen (secondary N) is 1. The molecule has 1 aromatic heterocycles. The van der Waals surface area contributed by atoms with Gasteiger partial charge in [0.05, 0.1) is 11.4 Å². The van der Waals surface area contributed by atoms with Crippen LogP contribution in [0.15, 0.2) is 72.8 Å². The standard InChI is InChI=1S/C28H24FN3O2/c1-3-17-12-14-18(15-13-17)20-16-31-27(34)32(23-11-7-5-9-21(23)29)26(33)28(31,2)25-24(20)19-8-4-6-10-22(19)30-25/h4-15,20,30H,3,16H2,1-2H3/t20-,28+/m1/s1. The Morgan fingerprint density at radius 2 is 1.71 bits per heavy atom. The van der Waals surface area contributed by atoms with Crippen molar-refractivity contribution in [3.05, 3.63) is 101 Å². The summed E-state index contributed by atoms with van der Waals surface area (Å²) in [6.45, 7) is 4.20. The number of benzene rings is 3. The SMILES string of the molecule is CCc1ccc([C@H]2CN3C(=O)N(c4ccccc4F)C(=O)[C@]3(C)c3[nH]c4ccccc4c32)cc1. The van der Waals surface area contributed by atoms with Crippen LogP contribution in [0.2, 0.25) is 0 Å². The molecule has 1 saturated heterocycles. The van der Waals surface area contributed by atoms with E-state index in [4.69, 9.17) is 0 Å². The summed E-state index contributed by atoms with van der Waals surface area (Å²) in [5.74, 6) is -1.17. The first kappa shape index (κ1) is 20.7. The Morgan fingerprint density at radius 3 is 2.44 bits per heavy atom. The van der Waals surface area contributed by atoms with E-state index in [9.17, 15) is 14.0 Å². The Morgan fingerprint density at radius 1 is 1.00 bits per heavy atom. The maximum Gasteiger partial charge on any atom is 0.332 e. The highest BCUT2D eigenvalue weighted by Crippen LogP contribution is 2.50. The van der Waals surface area contributed by atoms with Crippen LogP contribution in [0.25, 0.3) is 10.9 Å². The summed E-state index contributed by atoms with van der Waals surface area (Å²) < 4.78 is 14.7. The van der Waals surface area contributed by atoms with Gasteiger partial charge >= 0.3 is 6.03 Å². The Bertz CT molecular complexity index is 1460. The molecule has 0 unspecified atom stereocenters. The second kappa shape index (κ2) is 7.29. The molecule has 2 aliphatic rings. The molecular weight excluding hydrogens is 429 g/mol. The maximum absolute atomic E-state index is 14.7. The molecule has 1 fully saturated rings. The quantitative estimate of drug-likeness (QED) is 0.405. The van der Waals surface area contributed by atoms with Gasteiger partial charge in [0.1, 0.15) is 5.82 Å². The summed E-state index contributed by atoms with van der Waals surface area (Å²) in [5.41, 5.74) is 3.67. The summed E-state index contributed by atoms with van der Waals surface area (Å²) in [6, 6.07) is 21.8. The molecule has 5 nitrogen and oxygen atoms in total. The van der Waals surface area contributed by atoms with Gasteiger partial charge in [-0.15, -0.1) is 0 Å². The van der Waals surface area contributed by atoms with Crippen molar-refractivity contribution in [1.82, 2.24) is 9.88 Å². The number of para-hydroxylation sites is 2. The fourth-order valence-electron chi connectivity index (χ4n) is 5.52. The molecule has 3 heterocycles. The number of urea groups is 1. The van der Waals surface area contributed by atoms with E-state index in [2.05, 4.69) is 36.2 Å². The summed E-state index contributed by atoms with van der Waals surface area (Å²) in [4.78, 5) is 33.6. The minimum Gasteiger partial charge on any atom is -0.356 e. The zero-order chi connectivity index (χ0) is 23.6. The van der Waals surface area contributed by atoms with Crippen LogP contribution in [-0.4, -0.2) is 28.4 Å². The van der Waals surface area contributed by atoms with Gasteiger partial charge in [-0.05, 0) is 48.2 Å². The van der Waals surface area contributed by atoms with Crippen molar-refractivity contribution in [2.24, 2.45) is 0 Å². The van der Waals surface area contributed by atoms with E-state index in [1.807, 2.05) is 24.3 Å². The van der Waals surface area contributed by atoms with E-state index in [1.165, 1.54) is 17.7 Å². The van der Waals surface area contributed by atoms with Crippen LogP contribution in [0.1, 0.15) is 42.1 Å². The number of halogens is 1. The lowest BCUT2D eigenvalue weighted by Gasteiger charge is -2.40. The van der Waals surface area contributed by atoms with Crippen molar-refractivity contribution >= 4 is 28.5 Å². The first-order chi connectivity index (χ1) is 16.4. The average Bonchev–Trinajstić information content (AvgIpc) is 3.34. The molecule has 0 saturated carbocycles. The monoisotopic (exact) mass is 453 g/mol. The Labute approximate surface area is 196 Å². The van der Waals surface area contributed by atoms with Gasteiger partial charge in [-0.2, -0.15) is 0 Å². The van der Waals surface area contributed by atoms with Crippen LogP contribution in [-0.2, 0) is 16.8 Å². The molecule has 0 spiro atoms. The number of anilines is 1. The number of amides is 3. The third-order valence-electron chi connectivity index (χ3n) is 7.41. The topological polar surface area (TPSA) is 56.4 Å². The van der Waals surface area contributed by atoms with Crippen molar-refractivity contribution in [3.8, 4) is 0 Å². The zero-order valence-electron chi connectivity index (χ0n) is 19.0. The molecular formula is C28H24FN3O2. The molecule has 1 N–H and O–H groups in total. The molecule has 3 amide bonds. The van der Waals surface area contributed by atoms with Crippen molar-refractivity contribution in [3.63, 3.8) is 0 Å². The van der Waals surface area contributed by atoms with Crippen LogP contribution in [0.5, 0.6) is 0 Å². The molecule has 3 aromatic carbocycles. The van der Waals surface area contributed by atoms with Crippen LogP contribution >= 0.6 is 0 Å². The number of aromatic amines is 1. The number of hydrogen-bond donors (Lipinski definition) is 1. The van der Waals surface area contributed by atoms with E-state index in [-0.39, 0.29) is 11.6 Å². The molecule has 6 rings (SSSR count). The molecule has 4 aromatic rings. The van der Waals surface area contributed by atoms with Crippen LogP contribution in [0, 0.1) is 5.82 Å². The predicted octanol–water partition coefficient (Wildman–Crippen LogP) is 5.70. The molecule has 2 aliphatic heterocycles. The van der Waals surface area contributed by atoms with Crippen molar-refractivity contribution < 1.29 is 14.0 Å². The third-order valence-corrected chi connectivity index (χ3v) is 7.41. The number of nitrogens with zero attached hydrogens (tertiary/aromatic N) is 2. The zero-order valence-corrected chi connectivity index (χ0v) is 19.0. The van der Waals surface area contributed by atoms with Gasteiger partial charge in [0.15, 0.2) is 5.54 Å². The fourth-order valence-corrected chi connectivity index (χ4v) is 5.52. The van der Waals surface area contributed by atoms with E-state index in [0.717, 1.165) is 33.4 Å². The summed E-state index contributed by atoms with van der Waals surface area (Å²) in [7, 11) is 0. The van der Waals surface area contributed by atoms with Gasteiger partial charge < -0.3 is 9.88 Å². The first-order valence-corrected chi connectivity index (χ1v) is 11.6. The maximum atomic E-state index is 14.7. The largest absolute Gasteiger partial charge is 0.356 e. The first-order valence-electron chi connectivity index (χ1n) is 11.6.